The van der Waals surface area contributed by atoms with Gasteiger partial charge in [0.2, 0.25) is 0 Å². The number of urea groups is 1. The normalized spacial score (nSPS) is 15.1. The second kappa shape index (κ2) is 6.01. The molecule has 2 aromatic carbocycles. The molecule has 1 heterocycles. The van der Waals surface area contributed by atoms with Crippen LogP contribution in [0.2, 0.25) is 0 Å². The summed E-state index contributed by atoms with van der Waals surface area (Å²) in [6.07, 6.45) is 3.80. The molecule has 118 valence electrons. The fourth-order valence-corrected chi connectivity index (χ4v) is 2.84. The molecule has 0 radical (unpaired) electrons. The van der Waals surface area contributed by atoms with Crippen LogP contribution < -0.4 is 9.99 Å². The zero-order chi connectivity index (χ0) is 16.4. The highest BCUT2D eigenvalue weighted by Crippen LogP contribution is 2.40. The van der Waals surface area contributed by atoms with Gasteiger partial charge in [-0.15, -0.1) is 0 Å². The molecule has 2 aromatic rings. The maximum Gasteiger partial charge on any atom is 0.433 e. The van der Waals surface area contributed by atoms with E-state index in [1.54, 1.807) is 24.3 Å². The summed E-state index contributed by atoms with van der Waals surface area (Å²) in [4.78, 5) is 23.5. The maximum atomic E-state index is 12.6. The fraction of sp³-hybridized carbons (Fsp3) is 0.0625. The Morgan fingerprint density at radius 3 is 2.00 bits per heavy atom. The van der Waals surface area contributed by atoms with Crippen molar-refractivity contribution in [2.24, 2.45) is 0 Å². The van der Waals surface area contributed by atoms with Crippen LogP contribution in [0.15, 0.2) is 48.5 Å². The molecule has 1 aliphatic heterocycles. The molecule has 2 amide bonds. The molecule has 0 fully saturated rings. The Bertz CT molecular complexity index is 785. The molecule has 0 aromatic heterocycles. The first kappa shape index (κ1) is 15.5. The average molecular weight is 330 g/mol. The van der Waals surface area contributed by atoms with Gasteiger partial charge in [0.15, 0.2) is 0 Å². The molecule has 0 aliphatic carbocycles. The molecule has 0 saturated carbocycles. The van der Waals surface area contributed by atoms with Crippen LogP contribution in [0.3, 0.4) is 0 Å². The van der Waals surface area contributed by atoms with Gasteiger partial charge in [-0.1, -0.05) is 48.6 Å². The first-order valence-electron chi connectivity index (χ1n) is 6.89. The van der Waals surface area contributed by atoms with Gasteiger partial charge < -0.3 is 4.89 Å². The predicted octanol–water partition coefficient (Wildman–Crippen LogP) is 3.76. The van der Waals surface area contributed by atoms with Crippen molar-refractivity contribution in [3.05, 3.63) is 59.7 Å². The molecule has 23 heavy (non-hydrogen) atoms. The van der Waals surface area contributed by atoms with E-state index in [1.807, 2.05) is 41.5 Å². The molecule has 1 atom stereocenters. The van der Waals surface area contributed by atoms with E-state index >= 15 is 0 Å². The summed E-state index contributed by atoms with van der Waals surface area (Å²) in [7, 11) is -3.13. The first-order valence-corrected chi connectivity index (χ1v) is 8.46. The Labute approximate surface area is 133 Å². The Morgan fingerprint density at radius 2 is 1.52 bits per heavy atom. The number of hydrogen-bond acceptors (Lipinski definition) is 3. The zero-order valence-corrected chi connectivity index (χ0v) is 13.2. The van der Waals surface area contributed by atoms with Crippen LogP contribution in [0, 0.1) is 0 Å². The van der Waals surface area contributed by atoms with Crippen LogP contribution >= 0.6 is 7.75 Å². The molecule has 2 N–H and O–H groups in total. The molecule has 7 heteroatoms. The van der Waals surface area contributed by atoms with Crippen LogP contribution in [0.1, 0.15) is 11.1 Å². The van der Waals surface area contributed by atoms with E-state index in [4.69, 9.17) is 0 Å². The summed E-state index contributed by atoms with van der Waals surface area (Å²) in [5, 5.41) is 2.03. The summed E-state index contributed by atoms with van der Waals surface area (Å²) in [5.41, 5.74) is 2.87. The number of nitrogens with zero attached hydrogens (tertiary/aromatic N) is 1. The predicted molar refractivity (Wildman–Crippen MR) is 89.3 cm³/mol. The topological polar surface area (TPSA) is 78.9 Å². The second-order valence-electron chi connectivity index (χ2n) is 4.91. The van der Waals surface area contributed by atoms with Crippen molar-refractivity contribution in [3.8, 4) is 0 Å². The third kappa shape index (κ3) is 3.05. The van der Waals surface area contributed by atoms with Gasteiger partial charge in [-0.05, 0) is 23.3 Å². The summed E-state index contributed by atoms with van der Waals surface area (Å²) in [6, 6.07) is 13.9. The van der Waals surface area contributed by atoms with E-state index < -0.39 is 13.8 Å². The van der Waals surface area contributed by atoms with E-state index in [9.17, 15) is 14.3 Å². The number of para-hydroxylation sites is 2. The Morgan fingerprint density at radius 1 is 1.04 bits per heavy atom. The third-order valence-electron chi connectivity index (χ3n) is 3.49. The maximum absolute atomic E-state index is 12.6. The number of nitrogens with one attached hydrogen (secondary N) is 1. The molecular formula is C16H15N2O4P. The van der Waals surface area contributed by atoms with Crippen molar-refractivity contribution in [1.29, 1.82) is 0 Å². The summed E-state index contributed by atoms with van der Waals surface area (Å²) >= 11 is 0. The molecule has 1 aliphatic rings. The Kier molecular flexibility index (Phi) is 4.05. The highest BCUT2D eigenvalue weighted by molar-refractivity contribution is 7.51. The van der Waals surface area contributed by atoms with Crippen LogP contribution in [0.5, 0.6) is 0 Å². The minimum atomic E-state index is -4.20. The highest BCUT2D eigenvalue weighted by atomic mass is 31.2. The fourth-order valence-electron chi connectivity index (χ4n) is 2.41. The van der Waals surface area contributed by atoms with Crippen molar-refractivity contribution in [1.82, 2.24) is 5.09 Å². The van der Waals surface area contributed by atoms with Gasteiger partial charge in [-0.3, -0.25) is 9.42 Å². The summed E-state index contributed by atoms with van der Waals surface area (Å²) < 4.78 is 16.1. The van der Waals surface area contributed by atoms with E-state index in [0.29, 0.717) is 11.4 Å². The van der Waals surface area contributed by atoms with E-state index in [0.717, 1.165) is 18.2 Å². The van der Waals surface area contributed by atoms with Gasteiger partial charge >= 0.3 is 13.8 Å². The minimum absolute atomic E-state index is 0.613. The molecule has 0 saturated heterocycles. The number of fused-ring (bicyclic) bond motifs is 2. The quantitative estimate of drug-likeness (QED) is 0.822. The van der Waals surface area contributed by atoms with Crippen LogP contribution in [-0.4, -0.2) is 18.0 Å². The first-order chi connectivity index (χ1) is 11.0. The number of amides is 2. The molecular weight excluding hydrogens is 315 g/mol. The van der Waals surface area contributed by atoms with Gasteiger partial charge in [0.25, 0.3) is 0 Å². The molecule has 3 rings (SSSR count). The molecule has 0 bridgehead atoms. The van der Waals surface area contributed by atoms with Crippen molar-refractivity contribution in [2.45, 2.75) is 0 Å². The van der Waals surface area contributed by atoms with Crippen molar-refractivity contribution in [3.63, 3.8) is 0 Å². The van der Waals surface area contributed by atoms with Gasteiger partial charge in [-0.25, -0.2) is 14.4 Å². The van der Waals surface area contributed by atoms with Gasteiger partial charge in [0, 0.05) is 7.11 Å². The summed E-state index contributed by atoms with van der Waals surface area (Å²) in [5.74, 6) is 0. The van der Waals surface area contributed by atoms with Crippen LogP contribution in [0.25, 0.3) is 12.2 Å². The van der Waals surface area contributed by atoms with Crippen LogP contribution in [0.4, 0.5) is 16.2 Å². The number of benzene rings is 2. The lowest BCUT2D eigenvalue weighted by Crippen LogP contribution is -2.35. The molecule has 6 nitrogen and oxygen atoms in total. The monoisotopic (exact) mass is 330 g/mol. The standard InChI is InChI=1S/C16H15N2O4P/c1-22-23(20,21)17-16(19)18-14-8-4-2-6-12(14)10-11-13-7-3-5-9-15(13)18/h2-11H,1H3,(H2,17,19,20,21). The average Bonchev–Trinajstić information content (AvgIpc) is 2.71. The van der Waals surface area contributed by atoms with Gasteiger partial charge in [0.1, 0.15) is 0 Å². The van der Waals surface area contributed by atoms with Crippen molar-refractivity contribution >= 4 is 37.3 Å². The third-order valence-corrected chi connectivity index (χ3v) is 4.45. The van der Waals surface area contributed by atoms with E-state index in [1.165, 1.54) is 4.90 Å². The lowest BCUT2D eigenvalue weighted by Gasteiger charge is -2.25. The number of carbonyl (C=O) groups excluding carboxylic acids is 1. The highest BCUT2D eigenvalue weighted by Gasteiger charge is 2.29. The number of anilines is 2. The minimum Gasteiger partial charge on any atom is -0.308 e. The molecule has 0 spiro atoms. The van der Waals surface area contributed by atoms with Gasteiger partial charge in [-0.2, -0.15) is 0 Å². The smallest absolute Gasteiger partial charge is 0.308 e. The van der Waals surface area contributed by atoms with Gasteiger partial charge in [0.05, 0.1) is 11.4 Å². The van der Waals surface area contributed by atoms with E-state index in [2.05, 4.69) is 4.52 Å². The van der Waals surface area contributed by atoms with Crippen molar-refractivity contribution < 1.29 is 18.8 Å². The largest absolute Gasteiger partial charge is 0.433 e. The van der Waals surface area contributed by atoms with E-state index in [-0.39, 0.29) is 0 Å². The number of rotatable bonds is 2. The number of carbonyl (C=O) groups is 1. The number of hydrogen-bond donors (Lipinski definition) is 2. The Balaban J connectivity index is 2.13. The lowest BCUT2D eigenvalue weighted by atomic mass is 10.1. The Hall–Kier alpha value is -2.40. The molecule has 1 unspecified atom stereocenters. The summed E-state index contributed by atoms with van der Waals surface area (Å²) in [6.45, 7) is 0. The van der Waals surface area contributed by atoms with Crippen LogP contribution in [-0.2, 0) is 9.09 Å². The SMILES string of the molecule is COP(=O)(O)NC(=O)N1c2ccccc2C=Cc2ccccc21. The zero-order valence-electron chi connectivity index (χ0n) is 12.3. The second-order valence-corrected chi connectivity index (χ2v) is 6.54. The van der Waals surface area contributed by atoms with Crippen molar-refractivity contribution in [2.75, 3.05) is 12.0 Å². The lowest BCUT2D eigenvalue weighted by molar-refractivity contribution is 0.246.